The van der Waals surface area contributed by atoms with Crippen LogP contribution in [0.2, 0.25) is 0 Å². The normalized spacial score (nSPS) is 18.6. The van der Waals surface area contributed by atoms with Gasteiger partial charge in [0.05, 0.1) is 13.2 Å². The van der Waals surface area contributed by atoms with Crippen LogP contribution in [0.3, 0.4) is 0 Å². The molecule has 1 saturated heterocycles. The van der Waals surface area contributed by atoms with E-state index in [1.54, 1.807) is 6.92 Å². The maximum atomic E-state index is 11.5. The van der Waals surface area contributed by atoms with Crippen LogP contribution in [0.15, 0.2) is 28.7 Å². The molecule has 1 aliphatic heterocycles. The first-order valence-electron chi connectivity index (χ1n) is 6.24. The second-order valence-electron chi connectivity index (χ2n) is 4.59. The number of Topliss-reactive ketones (excluding diaryl/α,β-unsaturated/α-hetero) is 1. The summed E-state index contributed by atoms with van der Waals surface area (Å²) in [5.41, 5.74) is 1.19. The van der Waals surface area contributed by atoms with Crippen LogP contribution in [0, 0.1) is 0 Å². The molecule has 0 N–H and O–H groups in total. The minimum Gasteiger partial charge on any atom is -0.379 e. The van der Waals surface area contributed by atoms with Crippen molar-refractivity contribution in [1.82, 2.24) is 4.90 Å². The van der Waals surface area contributed by atoms with Crippen molar-refractivity contribution in [2.75, 3.05) is 26.3 Å². The van der Waals surface area contributed by atoms with Crippen molar-refractivity contribution >= 4 is 21.7 Å². The number of hydrogen-bond donors (Lipinski definition) is 0. The number of rotatable bonds is 4. The summed E-state index contributed by atoms with van der Waals surface area (Å²) in [6.45, 7) is 4.93. The van der Waals surface area contributed by atoms with Crippen LogP contribution in [0.1, 0.15) is 24.9 Å². The Labute approximate surface area is 116 Å². The molecule has 18 heavy (non-hydrogen) atoms. The molecule has 0 amide bonds. The van der Waals surface area contributed by atoms with Gasteiger partial charge in [-0.2, -0.15) is 0 Å². The number of carbonyl (C=O) groups is 1. The Hall–Kier alpha value is -0.710. The van der Waals surface area contributed by atoms with E-state index < -0.39 is 0 Å². The van der Waals surface area contributed by atoms with Crippen molar-refractivity contribution in [3.63, 3.8) is 0 Å². The van der Waals surface area contributed by atoms with E-state index in [-0.39, 0.29) is 11.8 Å². The van der Waals surface area contributed by atoms with Crippen LogP contribution in [0.4, 0.5) is 0 Å². The highest BCUT2D eigenvalue weighted by Gasteiger charge is 2.25. The third kappa shape index (κ3) is 3.40. The van der Waals surface area contributed by atoms with Crippen molar-refractivity contribution in [3.8, 4) is 0 Å². The lowest BCUT2D eigenvalue weighted by Gasteiger charge is -2.34. The summed E-state index contributed by atoms with van der Waals surface area (Å²) in [7, 11) is 0. The van der Waals surface area contributed by atoms with E-state index in [2.05, 4.69) is 26.9 Å². The number of halogens is 1. The number of ketones is 1. The Morgan fingerprint density at radius 1 is 1.39 bits per heavy atom. The van der Waals surface area contributed by atoms with Crippen molar-refractivity contribution in [2.24, 2.45) is 0 Å². The van der Waals surface area contributed by atoms with Gasteiger partial charge in [-0.15, -0.1) is 0 Å². The second-order valence-corrected chi connectivity index (χ2v) is 5.45. The third-order valence-electron chi connectivity index (χ3n) is 3.23. The fraction of sp³-hybridized carbons (Fsp3) is 0.500. The predicted molar refractivity (Wildman–Crippen MR) is 74.6 cm³/mol. The lowest BCUT2D eigenvalue weighted by atomic mass is 9.99. The number of carbonyl (C=O) groups excluding carboxylic acids is 1. The lowest BCUT2D eigenvalue weighted by molar-refractivity contribution is -0.118. The topological polar surface area (TPSA) is 29.5 Å². The fourth-order valence-corrected chi connectivity index (χ4v) is 2.89. The zero-order valence-corrected chi connectivity index (χ0v) is 12.1. The van der Waals surface area contributed by atoms with E-state index in [0.29, 0.717) is 6.42 Å². The fourth-order valence-electron chi connectivity index (χ4n) is 2.34. The number of benzene rings is 1. The summed E-state index contributed by atoms with van der Waals surface area (Å²) in [4.78, 5) is 13.8. The molecule has 0 aromatic heterocycles. The zero-order chi connectivity index (χ0) is 13.0. The third-order valence-corrected chi connectivity index (χ3v) is 3.95. The minimum absolute atomic E-state index is 0.155. The van der Waals surface area contributed by atoms with Gasteiger partial charge in [-0.1, -0.05) is 34.1 Å². The summed E-state index contributed by atoms with van der Waals surface area (Å²) in [6.07, 6.45) is 0.558. The molecule has 3 nitrogen and oxygen atoms in total. The average Bonchev–Trinajstić information content (AvgIpc) is 2.38. The first-order chi connectivity index (χ1) is 8.68. The molecule has 2 rings (SSSR count). The quantitative estimate of drug-likeness (QED) is 0.856. The molecule has 0 spiro atoms. The molecule has 4 heteroatoms. The van der Waals surface area contributed by atoms with Crippen molar-refractivity contribution < 1.29 is 9.53 Å². The van der Waals surface area contributed by atoms with Crippen LogP contribution in [-0.2, 0) is 9.53 Å². The number of nitrogens with zero attached hydrogens (tertiary/aromatic N) is 1. The summed E-state index contributed by atoms with van der Waals surface area (Å²) in [5.74, 6) is 0.224. The number of morpholine rings is 1. The van der Waals surface area contributed by atoms with Gasteiger partial charge < -0.3 is 4.74 Å². The van der Waals surface area contributed by atoms with Crippen LogP contribution in [0.5, 0.6) is 0 Å². The molecular weight excluding hydrogens is 294 g/mol. The second kappa shape index (κ2) is 6.45. The highest BCUT2D eigenvalue weighted by molar-refractivity contribution is 9.10. The van der Waals surface area contributed by atoms with Gasteiger partial charge >= 0.3 is 0 Å². The Balaban J connectivity index is 2.24. The van der Waals surface area contributed by atoms with E-state index in [0.717, 1.165) is 30.8 Å². The van der Waals surface area contributed by atoms with Crippen LogP contribution >= 0.6 is 15.9 Å². The number of hydrogen-bond acceptors (Lipinski definition) is 3. The molecule has 1 fully saturated rings. The van der Waals surface area contributed by atoms with Gasteiger partial charge in [0.1, 0.15) is 5.78 Å². The van der Waals surface area contributed by atoms with Gasteiger partial charge in [-0.05, 0) is 18.6 Å². The van der Waals surface area contributed by atoms with E-state index in [4.69, 9.17) is 4.74 Å². The van der Waals surface area contributed by atoms with E-state index in [1.165, 1.54) is 5.56 Å². The minimum atomic E-state index is 0.155. The molecule has 1 heterocycles. The van der Waals surface area contributed by atoms with Crippen LogP contribution in [0.25, 0.3) is 0 Å². The molecule has 98 valence electrons. The van der Waals surface area contributed by atoms with Crippen LogP contribution in [-0.4, -0.2) is 37.0 Å². The van der Waals surface area contributed by atoms with Gasteiger partial charge in [0, 0.05) is 30.0 Å². The van der Waals surface area contributed by atoms with Crippen molar-refractivity contribution in [1.29, 1.82) is 0 Å². The van der Waals surface area contributed by atoms with Gasteiger partial charge in [-0.3, -0.25) is 9.69 Å². The maximum absolute atomic E-state index is 11.5. The first-order valence-corrected chi connectivity index (χ1v) is 7.03. The number of ether oxygens (including phenoxy) is 1. The molecule has 1 aromatic rings. The highest BCUT2D eigenvalue weighted by Crippen LogP contribution is 2.31. The summed E-state index contributed by atoms with van der Waals surface area (Å²) in [5, 5.41) is 0. The SMILES string of the molecule is CC(=O)CC(c1ccccc1Br)N1CCOCC1. The molecule has 1 unspecified atom stereocenters. The zero-order valence-electron chi connectivity index (χ0n) is 10.6. The van der Waals surface area contributed by atoms with E-state index in [1.807, 2.05) is 18.2 Å². The average molecular weight is 312 g/mol. The maximum Gasteiger partial charge on any atom is 0.131 e. The summed E-state index contributed by atoms with van der Waals surface area (Å²) < 4.78 is 6.45. The smallest absolute Gasteiger partial charge is 0.131 e. The molecule has 1 aromatic carbocycles. The van der Waals surface area contributed by atoms with Gasteiger partial charge in [0.15, 0.2) is 0 Å². The summed E-state index contributed by atoms with van der Waals surface area (Å²) >= 11 is 3.58. The van der Waals surface area contributed by atoms with Crippen molar-refractivity contribution in [2.45, 2.75) is 19.4 Å². The van der Waals surface area contributed by atoms with Crippen molar-refractivity contribution in [3.05, 3.63) is 34.3 Å². The molecule has 1 aliphatic rings. The Kier molecular flexibility index (Phi) is 4.92. The largest absolute Gasteiger partial charge is 0.379 e. The van der Waals surface area contributed by atoms with E-state index in [9.17, 15) is 4.79 Å². The molecule has 0 bridgehead atoms. The molecule has 0 radical (unpaired) electrons. The lowest BCUT2D eigenvalue weighted by Crippen LogP contribution is -2.39. The molecule has 0 saturated carbocycles. The first kappa shape index (κ1) is 13.7. The molecule has 0 aliphatic carbocycles. The standard InChI is InChI=1S/C14H18BrNO2/c1-11(17)10-14(16-6-8-18-9-7-16)12-4-2-3-5-13(12)15/h2-5,14H,6-10H2,1H3. The van der Waals surface area contributed by atoms with Gasteiger partial charge in [0.25, 0.3) is 0 Å². The predicted octanol–water partition coefficient (Wildman–Crippen LogP) is 2.80. The molecular formula is C14H18BrNO2. The Bertz CT molecular complexity index is 416. The van der Waals surface area contributed by atoms with Gasteiger partial charge in [0.2, 0.25) is 0 Å². The Morgan fingerprint density at radius 3 is 2.67 bits per heavy atom. The summed E-state index contributed by atoms with van der Waals surface area (Å²) in [6, 6.07) is 8.29. The molecule has 1 atom stereocenters. The monoisotopic (exact) mass is 311 g/mol. The van der Waals surface area contributed by atoms with Crippen LogP contribution < -0.4 is 0 Å². The van der Waals surface area contributed by atoms with E-state index >= 15 is 0 Å². The van der Waals surface area contributed by atoms with Gasteiger partial charge in [-0.25, -0.2) is 0 Å². The Morgan fingerprint density at radius 2 is 2.06 bits per heavy atom. The highest BCUT2D eigenvalue weighted by atomic mass is 79.9.